The van der Waals surface area contributed by atoms with E-state index in [1.54, 1.807) is 0 Å². The zero-order valence-corrected chi connectivity index (χ0v) is 9.11. The SMILES string of the molecule is CC(C)(C)c1[nH]c(=O)[nH]c1CCCN. The summed E-state index contributed by atoms with van der Waals surface area (Å²) in [6.45, 7) is 6.89. The molecule has 1 aromatic rings. The standard InChI is InChI=1S/C10H19N3O/c1-10(2,3)8-7(5-4-6-11)12-9(14)13-8/h4-6,11H2,1-3H3,(H2,12,13,14). The van der Waals surface area contributed by atoms with Crippen LogP contribution >= 0.6 is 0 Å². The molecular weight excluding hydrogens is 178 g/mol. The molecule has 4 N–H and O–H groups in total. The van der Waals surface area contributed by atoms with Crippen LogP contribution in [-0.2, 0) is 11.8 Å². The predicted molar refractivity (Wildman–Crippen MR) is 57.5 cm³/mol. The Morgan fingerprint density at radius 3 is 2.43 bits per heavy atom. The largest absolute Gasteiger partial charge is 0.330 e. The van der Waals surface area contributed by atoms with Crippen molar-refractivity contribution in [2.75, 3.05) is 6.54 Å². The van der Waals surface area contributed by atoms with Gasteiger partial charge in [-0.15, -0.1) is 0 Å². The molecule has 0 fully saturated rings. The third-order valence-electron chi connectivity index (χ3n) is 2.19. The lowest BCUT2D eigenvalue weighted by Crippen LogP contribution is -2.15. The van der Waals surface area contributed by atoms with Gasteiger partial charge in [0.25, 0.3) is 0 Å². The van der Waals surface area contributed by atoms with Crippen molar-refractivity contribution in [1.29, 1.82) is 0 Å². The zero-order valence-electron chi connectivity index (χ0n) is 9.11. The number of hydrogen-bond donors (Lipinski definition) is 3. The molecule has 0 aliphatic carbocycles. The van der Waals surface area contributed by atoms with Crippen LogP contribution in [0.25, 0.3) is 0 Å². The van der Waals surface area contributed by atoms with Crippen molar-refractivity contribution < 1.29 is 0 Å². The van der Waals surface area contributed by atoms with Gasteiger partial charge in [-0.3, -0.25) is 0 Å². The van der Waals surface area contributed by atoms with E-state index in [9.17, 15) is 4.79 Å². The number of rotatable bonds is 3. The molecule has 0 aliphatic rings. The Labute approximate surface area is 83.9 Å². The van der Waals surface area contributed by atoms with Crippen LogP contribution in [0.4, 0.5) is 0 Å². The topological polar surface area (TPSA) is 74.7 Å². The van der Waals surface area contributed by atoms with Gasteiger partial charge in [-0.05, 0) is 19.4 Å². The molecule has 1 rings (SSSR count). The van der Waals surface area contributed by atoms with Crippen LogP contribution in [0.2, 0.25) is 0 Å². The van der Waals surface area contributed by atoms with Gasteiger partial charge in [0.2, 0.25) is 0 Å². The zero-order chi connectivity index (χ0) is 10.8. The lowest BCUT2D eigenvalue weighted by atomic mass is 9.90. The summed E-state index contributed by atoms with van der Waals surface area (Å²) in [5.74, 6) is 0. The molecule has 1 aromatic heterocycles. The van der Waals surface area contributed by atoms with Crippen LogP contribution in [0.5, 0.6) is 0 Å². The van der Waals surface area contributed by atoms with Crippen molar-refractivity contribution >= 4 is 0 Å². The Kier molecular flexibility index (Phi) is 3.16. The Morgan fingerprint density at radius 1 is 1.29 bits per heavy atom. The second-order valence-electron chi connectivity index (χ2n) is 4.57. The summed E-state index contributed by atoms with van der Waals surface area (Å²) in [5.41, 5.74) is 7.28. The Morgan fingerprint density at radius 2 is 1.93 bits per heavy atom. The lowest BCUT2D eigenvalue weighted by Gasteiger charge is -2.18. The normalized spacial score (nSPS) is 12.0. The first-order chi connectivity index (χ1) is 6.45. The summed E-state index contributed by atoms with van der Waals surface area (Å²) < 4.78 is 0. The molecule has 0 saturated carbocycles. The number of hydrogen-bond acceptors (Lipinski definition) is 2. The molecule has 4 nitrogen and oxygen atoms in total. The number of aryl methyl sites for hydroxylation is 1. The van der Waals surface area contributed by atoms with Crippen LogP contribution in [0, 0.1) is 0 Å². The molecule has 80 valence electrons. The van der Waals surface area contributed by atoms with Crippen molar-refractivity contribution in [3.8, 4) is 0 Å². The van der Waals surface area contributed by atoms with Crippen molar-refractivity contribution in [3.05, 3.63) is 21.9 Å². The molecule has 4 heteroatoms. The van der Waals surface area contributed by atoms with Crippen LogP contribution in [-0.4, -0.2) is 16.5 Å². The highest BCUT2D eigenvalue weighted by Gasteiger charge is 2.20. The molecule has 0 spiro atoms. The Hall–Kier alpha value is -1.03. The molecule has 0 amide bonds. The first-order valence-electron chi connectivity index (χ1n) is 4.97. The molecule has 0 unspecified atom stereocenters. The van der Waals surface area contributed by atoms with Gasteiger partial charge in [-0.25, -0.2) is 4.79 Å². The predicted octanol–water partition coefficient (Wildman–Crippen LogP) is 0.892. The van der Waals surface area contributed by atoms with Crippen molar-refractivity contribution in [1.82, 2.24) is 9.97 Å². The van der Waals surface area contributed by atoms with E-state index in [-0.39, 0.29) is 11.1 Å². The van der Waals surface area contributed by atoms with E-state index in [0.717, 1.165) is 24.2 Å². The van der Waals surface area contributed by atoms with Crippen molar-refractivity contribution in [2.45, 2.75) is 39.0 Å². The van der Waals surface area contributed by atoms with Crippen LogP contribution < -0.4 is 11.4 Å². The van der Waals surface area contributed by atoms with E-state index in [1.807, 2.05) is 0 Å². The maximum Gasteiger partial charge on any atom is 0.323 e. The van der Waals surface area contributed by atoms with Crippen LogP contribution in [0.1, 0.15) is 38.6 Å². The van der Waals surface area contributed by atoms with Gasteiger partial charge >= 0.3 is 5.69 Å². The fourth-order valence-electron chi connectivity index (χ4n) is 1.53. The van der Waals surface area contributed by atoms with Gasteiger partial charge in [0, 0.05) is 16.8 Å². The quantitative estimate of drug-likeness (QED) is 0.673. The van der Waals surface area contributed by atoms with Gasteiger partial charge in [0.05, 0.1) is 0 Å². The minimum atomic E-state index is -0.123. The van der Waals surface area contributed by atoms with E-state index >= 15 is 0 Å². The molecule has 0 bridgehead atoms. The summed E-state index contributed by atoms with van der Waals surface area (Å²) in [7, 11) is 0. The van der Waals surface area contributed by atoms with Gasteiger partial charge in [-0.1, -0.05) is 20.8 Å². The van der Waals surface area contributed by atoms with E-state index in [0.29, 0.717) is 6.54 Å². The smallest absolute Gasteiger partial charge is 0.323 e. The maximum absolute atomic E-state index is 11.2. The number of H-pyrrole nitrogens is 2. The third-order valence-corrected chi connectivity index (χ3v) is 2.19. The summed E-state index contributed by atoms with van der Waals surface area (Å²) >= 11 is 0. The minimum Gasteiger partial charge on any atom is -0.330 e. The van der Waals surface area contributed by atoms with Gasteiger partial charge in [0.1, 0.15) is 0 Å². The summed E-state index contributed by atoms with van der Waals surface area (Å²) in [5, 5.41) is 0. The first-order valence-corrected chi connectivity index (χ1v) is 4.97. The average Bonchev–Trinajstić information content (AvgIpc) is 2.42. The van der Waals surface area contributed by atoms with Crippen LogP contribution in [0.3, 0.4) is 0 Å². The molecule has 14 heavy (non-hydrogen) atoms. The molecule has 0 saturated heterocycles. The number of nitrogens with one attached hydrogen (secondary N) is 2. The first kappa shape index (κ1) is 11.0. The highest BCUT2D eigenvalue weighted by molar-refractivity contribution is 5.19. The molecule has 1 heterocycles. The van der Waals surface area contributed by atoms with E-state index in [4.69, 9.17) is 5.73 Å². The average molecular weight is 197 g/mol. The number of aromatic amines is 2. The fraction of sp³-hybridized carbons (Fsp3) is 0.700. The number of imidazole rings is 1. The number of aromatic nitrogens is 2. The number of nitrogens with two attached hydrogens (primary N) is 1. The monoisotopic (exact) mass is 197 g/mol. The highest BCUT2D eigenvalue weighted by Crippen LogP contribution is 2.22. The van der Waals surface area contributed by atoms with Crippen LogP contribution in [0.15, 0.2) is 4.79 Å². The van der Waals surface area contributed by atoms with E-state index < -0.39 is 0 Å². The maximum atomic E-state index is 11.2. The molecule has 0 atom stereocenters. The third kappa shape index (κ3) is 2.48. The van der Waals surface area contributed by atoms with E-state index in [2.05, 4.69) is 30.7 Å². The van der Waals surface area contributed by atoms with Crippen molar-refractivity contribution in [3.63, 3.8) is 0 Å². The van der Waals surface area contributed by atoms with Gasteiger partial charge in [0.15, 0.2) is 0 Å². The molecule has 0 aliphatic heterocycles. The minimum absolute atomic E-state index is 0.0247. The molecular formula is C10H19N3O. The second-order valence-corrected chi connectivity index (χ2v) is 4.57. The fourth-order valence-corrected chi connectivity index (χ4v) is 1.53. The van der Waals surface area contributed by atoms with Gasteiger partial charge < -0.3 is 15.7 Å². The summed E-state index contributed by atoms with van der Waals surface area (Å²) in [6, 6.07) is 0. The highest BCUT2D eigenvalue weighted by atomic mass is 16.1. The summed E-state index contributed by atoms with van der Waals surface area (Å²) in [4.78, 5) is 16.8. The molecule has 0 aromatic carbocycles. The Bertz CT molecular complexity index is 343. The van der Waals surface area contributed by atoms with E-state index in [1.165, 1.54) is 0 Å². The Balaban J connectivity index is 2.97. The second kappa shape index (κ2) is 4.00. The molecule has 0 radical (unpaired) electrons. The summed E-state index contributed by atoms with van der Waals surface area (Å²) in [6.07, 6.45) is 1.73. The van der Waals surface area contributed by atoms with Crippen molar-refractivity contribution in [2.24, 2.45) is 5.73 Å². The van der Waals surface area contributed by atoms with Gasteiger partial charge in [-0.2, -0.15) is 0 Å². The lowest BCUT2D eigenvalue weighted by molar-refractivity contribution is 0.561.